The number of hydrogen-bond donors (Lipinski definition) is 0. The fourth-order valence-corrected chi connectivity index (χ4v) is 3.98. The van der Waals surface area contributed by atoms with Crippen LogP contribution in [-0.2, 0) is 0 Å². The highest BCUT2D eigenvalue weighted by molar-refractivity contribution is 4.84. The third-order valence-corrected chi connectivity index (χ3v) is 5.60. The number of hydrogen-bond acceptors (Lipinski definition) is 0. The Bertz CT molecular complexity index is 196. The van der Waals surface area contributed by atoms with E-state index in [1.165, 1.54) is 89.9 Å². The Morgan fingerprint density at radius 3 is 1.79 bits per heavy atom. The van der Waals surface area contributed by atoms with Crippen LogP contribution in [0.5, 0.6) is 0 Å². The first-order valence-electron chi connectivity index (χ1n) is 9.21. The Hall–Kier alpha value is 0. The van der Waals surface area contributed by atoms with Crippen molar-refractivity contribution in [1.29, 1.82) is 0 Å². The quantitative estimate of drug-likeness (QED) is 0.308. The Morgan fingerprint density at radius 1 is 0.737 bits per heavy atom. The molecule has 0 amide bonds. The van der Waals surface area contributed by atoms with Gasteiger partial charge in [0.15, 0.2) is 0 Å². The van der Waals surface area contributed by atoms with Gasteiger partial charge in [0.05, 0.1) is 0 Å². The maximum Gasteiger partial charge on any atom is -0.0274 e. The van der Waals surface area contributed by atoms with Crippen molar-refractivity contribution in [2.24, 2.45) is 11.3 Å². The minimum atomic E-state index is 0.708. The van der Waals surface area contributed by atoms with Crippen LogP contribution in [0.25, 0.3) is 0 Å². The molecule has 0 saturated heterocycles. The SMILES string of the molecule is CCCCCCCCCC1(C(C)C)CCCCCC1. The van der Waals surface area contributed by atoms with Gasteiger partial charge in [-0.05, 0) is 30.6 Å². The van der Waals surface area contributed by atoms with Crippen LogP contribution in [0.3, 0.4) is 0 Å². The van der Waals surface area contributed by atoms with Crippen LogP contribution in [0.15, 0.2) is 0 Å². The van der Waals surface area contributed by atoms with E-state index in [4.69, 9.17) is 0 Å². The second-order valence-corrected chi connectivity index (χ2v) is 7.30. The second-order valence-electron chi connectivity index (χ2n) is 7.30. The van der Waals surface area contributed by atoms with Gasteiger partial charge in [-0.25, -0.2) is 0 Å². The van der Waals surface area contributed by atoms with Crippen LogP contribution in [0.4, 0.5) is 0 Å². The lowest BCUT2D eigenvalue weighted by atomic mass is 9.68. The molecule has 1 aliphatic carbocycles. The summed E-state index contributed by atoms with van der Waals surface area (Å²) < 4.78 is 0. The van der Waals surface area contributed by atoms with Crippen molar-refractivity contribution >= 4 is 0 Å². The molecule has 0 nitrogen and oxygen atoms in total. The maximum atomic E-state index is 2.48. The molecule has 0 aromatic rings. The van der Waals surface area contributed by atoms with Gasteiger partial charge in [-0.2, -0.15) is 0 Å². The third kappa shape index (κ3) is 6.32. The van der Waals surface area contributed by atoms with Crippen LogP contribution in [0, 0.1) is 11.3 Å². The highest BCUT2D eigenvalue weighted by Crippen LogP contribution is 2.45. The van der Waals surface area contributed by atoms with Gasteiger partial charge in [0.25, 0.3) is 0 Å². The van der Waals surface area contributed by atoms with Crippen molar-refractivity contribution < 1.29 is 0 Å². The summed E-state index contributed by atoms with van der Waals surface area (Å²) in [6.07, 6.45) is 20.7. The molecule has 0 atom stereocenters. The van der Waals surface area contributed by atoms with Crippen molar-refractivity contribution in [1.82, 2.24) is 0 Å². The first-order chi connectivity index (χ1) is 9.21. The van der Waals surface area contributed by atoms with Crippen LogP contribution in [0.1, 0.15) is 111 Å². The maximum absolute atomic E-state index is 2.48. The molecule has 0 radical (unpaired) electrons. The standard InChI is InChI=1S/C19H38/c1-4-5-6-7-8-9-12-15-19(18(2)3)16-13-10-11-14-17-19/h18H,4-17H2,1-3H3. The molecule has 0 spiro atoms. The lowest BCUT2D eigenvalue weighted by Gasteiger charge is -2.37. The lowest BCUT2D eigenvalue weighted by molar-refractivity contribution is 0.136. The average molecular weight is 267 g/mol. The molecule has 1 fully saturated rings. The fraction of sp³-hybridized carbons (Fsp3) is 1.00. The largest absolute Gasteiger partial charge is 0.0654 e. The monoisotopic (exact) mass is 266 g/mol. The summed E-state index contributed by atoms with van der Waals surface area (Å²) in [4.78, 5) is 0. The second kappa shape index (κ2) is 9.83. The van der Waals surface area contributed by atoms with E-state index in [1.807, 2.05) is 0 Å². The van der Waals surface area contributed by atoms with Gasteiger partial charge >= 0.3 is 0 Å². The smallest absolute Gasteiger partial charge is 0.0274 e. The molecule has 0 aliphatic heterocycles. The zero-order valence-electron chi connectivity index (χ0n) is 14.0. The predicted molar refractivity (Wildman–Crippen MR) is 87.6 cm³/mol. The van der Waals surface area contributed by atoms with E-state index >= 15 is 0 Å². The molecule has 19 heavy (non-hydrogen) atoms. The third-order valence-electron chi connectivity index (χ3n) is 5.60. The molecular formula is C19H38. The molecule has 0 N–H and O–H groups in total. The minimum absolute atomic E-state index is 0.708. The summed E-state index contributed by atoms with van der Waals surface area (Å²) in [5.41, 5.74) is 0.708. The summed E-state index contributed by atoms with van der Waals surface area (Å²) in [6.45, 7) is 7.26. The van der Waals surface area contributed by atoms with E-state index in [9.17, 15) is 0 Å². The molecule has 114 valence electrons. The molecule has 0 heteroatoms. The first-order valence-corrected chi connectivity index (χ1v) is 9.21. The van der Waals surface area contributed by atoms with E-state index in [-0.39, 0.29) is 0 Å². The summed E-state index contributed by atoms with van der Waals surface area (Å²) in [5, 5.41) is 0. The highest BCUT2D eigenvalue weighted by atomic mass is 14.4. The van der Waals surface area contributed by atoms with Gasteiger partial charge in [-0.15, -0.1) is 0 Å². The van der Waals surface area contributed by atoms with E-state index < -0.39 is 0 Å². The first kappa shape index (κ1) is 17.1. The molecule has 0 aromatic heterocycles. The number of unbranched alkanes of at least 4 members (excludes halogenated alkanes) is 6. The van der Waals surface area contributed by atoms with E-state index in [2.05, 4.69) is 20.8 Å². The van der Waals surface area contributed by atoms with Crippen LogP contribution >= 0.6 is 0 Å². The van der Waals surface area contributed by atoms with E-state index in [0.717, 1.165) is 5.92 Å². The predicted octanol–water partition coefficient (Wildman–Crippen LogP) is 7.12. The molecule has 0 bridgehead atoms. The van der Waals surface area contributed by atoms with Crippen molar-refractivity contribution in [2.45, 2.75) is 111 Å². The summed E-state index contributed by atoms with van der Waals surface area (Å²) in [7, 11) is 0. The van der Waals surface area contributed by atoms with Crippen LogP contribution in [-0.4, -0.2) is 0 Å². The summed E-state index contributed by atoms with van der Waals surface area (Å²) >= 11 is 0. The summed E-state index contributed by atoms with van der Waals surface area (Å²) in [5.74, 6) is 0.894. The lowest BCUT2D eigenvalue weighted by Crippen LogP contribution is -2.26. The fourth-order valence-electron chi connectivity index (χ4n) is 3.98. The molecule has 0 heterocycles. The zero-order chi connectivity index (χ0) is 14.0. The van der Waals surface area contributed by atoms with Gasteiger partial charge in [-0.1, -0.05) is 91.4 Å². The Balaban J connectivity index is 2.22. The van der Waals surface area contributed by atoms with Gasteiger partial charge < -0.3 is 0 Å². The number of rotatable bonds is 9. The molecule has 0 unspecified atom stereocenters. The van der Waals surface area contributed by atoms with E-state index in [0.29, 0.717) is 5.41 Å². The Morgan fingerprint density at radius 2 is 1.26 bits per heavy atom. The van der Waals surface area contributed by atoms with Crippen molar-refractivity contribution in [3.63, 3.8) is 0 Å². The van der Waals surface area contributed by atoms with Gasteiger partial charge in [-0.3, -0.25) is 0 Å². The van der Waals surface area contributed by atoms with Crippen molar-refractivity contribution in [3.05, 3.63) is 0 Å². The molecule has 1 rings (SSSR count). The highest BCUT2D eigenvalue weighted by Gasteiger charge is 2.33. The molecule has 1 saturated carbocycles. The molecular weight excluding hydrogens is 228 g/mol. The van der Waals surface area contributed by atoms with Crippen LogP contribution in [0.2, 0.25) is 0 Å². The van der Waals surface area contributed by atoms with E-state index in [1.54, 1.807) is 0 Å². The minimum Gasteiger partial charge on any atom is -0.0654 e. The topological polar surface area (TPSA) is 0 Å². The normalized spacial score (nSPS) is 19.6. The Kier molecular flexibility index (Phi) is 8.83. The Labute approximate surface area is 122 Å². The average Bonchev–Trinajstić information content (AvgIpc) is 2.64. The van der Waals surface area contributed by atoms with Gasteiger partial charge in [0, 0.05) is 0 Å². The van der Waals surface area contributed by atoms with Crippen molar-refractivity contribution in [3.8, 4) is 0 Å². The molecule has 1 aliphatic rings. The van der Waals surface area contributed by atoms with Crippen LogP contribution < -0.4 is 0 Å². The van der Waals surface area contributed by atoms with Gasteiger partial charge in [0.2, 0.25) is 0 Å². The summed E-state index contributed by atoms with van der Waals surface area (Å²) in [6, 6.07) is 0. The van der Waals surface area contributed by atoms with Crippen molar-refractivity contribution in [2.75, 3.05) is 0 Å². The molecule has 0 aromatic carbocycles. The van der Waals surface area contributed by atoms with Gasteiger partial charge in [0.1, 0.15) is 0 Å². The zero-order valence-corrected chi connectivity index (χ0v) is 14.0.